The SMILES string of the molecule is CCCn1c(=O)[nH]c(=O)c2c(C(=O)NC3CCCNC3)cc(C(C)C)nc21. The minimum absolute atomic E-state index is 0.0255. The lowest BCUT2D eigenvalue weighted by atomic mass is 10.0. The van der Waals surface area contributed by atoms with Crippen molar-refractivity contribution in [2.24, 2.45) is 0 Å². The molecule has 1 aliphatic rings. The predicted octanol–water partition coefficient (Wildman–Crippen LogP) is 1.10. The van der Waals surface area contributed by atoms with E-state index in [9.17, 15) is 14.4 Å². The molecule has 1 fully saturated rings. The van der Waals surface area contributed by atoms with Crippen LogP contribution in [0.5, 0.6) is 0 Å². The normalized spacial score (nSPS) is 17.4. The fourth-order valence-electron chi connectivity index (χ4n) is 3.44. The van der Waals surface area contributed by atoms with Gasteiger partial charge >= 0.3 is 5.69 Å². The molecule has 0 spiro atoms. The number of hydrogen-bond acceptors (Lipinski definition) is 5. The summed E-state index contributed by atoms with van der Waals surface area (Å²) in [5.74, 6) is -0.244. The van der Waals surface area contributed by atoms with Gasteiger partial charge in [0.15, 0.2) is 5.65 Å². The predicted molar refractivity (Wildman–Crippen MR) is 104 cm³/mol. The second-order valence-corrected chi connectivity index (χ2v) is 7.38. The number of hydrogen-bond donors (Lipinski definition) is 3. The van der Waals surface area contributed by atoms with E-state index in [0.717, 1.165) is 19.4 Å². The Hall–Kier alpha value is -2.48. The molecule has 0 radical (unpaired) electrons. The number of aromatic nitrogens is 3. The van der Waals surface area contributed by atoms with E-state index in [1.54, 1.807) is 6.07 Å². The second kappa shape index (κ2) is 8.04. The van der Waals surface area contributed by atoms with Crippen LogP contribution < -0.4 is 21.9 Å². The molecule has 3 heterocycles. The number of amides is 1. The highest BCUT2D eigenvalue weighted by Crippen LogP contribution is 2.20. The van der Waals surface area contributed by atoms with Crippen LogP contribution in [0.4, 0.5) is 0 Å². The average Bonchev–Trinajstić information content (AvgIpc) is 2.64. The number of rotatable bonds is 5. The Bertz CT molecular complexity index is 954. The monoisotopic (exact) mass is 373 g/mol. The molecular formula is C19H27N5O3. The van der Waals surface area contributed by atoms with Crippen LogP contribution >= 0.6 is 0 Å². The molecule has 0 bridgehead atoms. The maximum absolute atomic E-state index is 13.0. The van der Waals surface area contributed by atoms with E-state index in [0.29, 0.717) is 25.2 Å². The van der Waals surface area contributed by atoms with Gasteiger partial charge in [0.2, 0.25) is 0 Å². The zero-order chi connectivity index (χ0) is 19.6. The third-order valence-corrected chi connectivity index (χ3v) is 4.88. The van der Waals surface area contributed by atoms with Gasteiger partial charge in [-0.15, -0.1) is 0 Å². The summed E-state index contributed by atoms with van der Waals surface area (Å²) in [5, 5.41) is 6.45. The minimum Gasteiger partial charge on any atom is -0.348 e. The number of carbonyl (C=O) groups excluding carboxylic acids is 1. The van der Waals surface area contributed by atoms with Crippen molar-refractivity contribution < 1.29 is 4.79 Å². The summed E-state index contributed by atoms with van der Waals surface area (Å²) in [6, 6.07) is 1.70. The van der Waals surface area contributed by atoms with Crippen LogP contribution in [0, 0.1) is 0 Å². The summed E-state index contributed by atoms with van der Waals surface area (Å²) in [5.41, 5.74) is 0.177. The largest absolute Gasteiger partial charge is 0.348 e. The Morgan fingerprint density at radius 1 is 1.41 bits per heavy atom. The quantitative estimate of drug-likeness (QED) is 0.727. The molecule has 1 atom stereocenters. The summed E-state index contributed by atoms with van der Waals surface area (Å²) in [7, 11) is 0. The first-order chi connectivity index (χ1) is 12.9. The highest BCUT2D eigenvalue weighted by molar-refractivity contribution is 6.05. The van der Waals surface area contributed by atoms with E-state index in [-0.39, 0.29) is 34.5 Å². The number of nitrogens with zero attached hydrogens (tertiary/aromatic N) is 2. The lowest BCUT2D eigenvalue weighted by Crippen LogP contribution is -2.46. The third kappa shape index (κ3) is 3.95. The molecule has 27 heavy (non-hydrogen) atoms. The molecular weight excluding hydrogens is 346 g/mol. The van der Waals surface area contributed by atoms with E-state index < -0.39 is 11.2 Å². The zero-order valence-electron chi connectivity index (χ0n) is 16.1. The first-order valence-electron chi connectivity index (χ1n) is 9.61. The summed E-state index contributed by atoms with van der Waals surface area (Å²) in [6.07, 6.45) is 2.61. The number of aryl methyl sites for hydroxylation is 1. The Balaban J connectivity index is 2.17. The van der Waals surface area contributed by atoms with Crippen LogP contribution in [-0.2, 0) is 6.54 Å². The van der Waals surface area contributed by atoms with Gasteiger partial charge in [-0.1, -0.05) is 20.8 Å². The van der Waals surface area contributed by atoms with Crippen LogP contribution in [0.3, 0.4) is 0 Å². The number of aromatic amines is 1. The van der Waals surface area contributed by atoms with Crippen LogP contribution in [0.25, 0.3) is 11.0 Å². The average molecular weight is 373 g/mol. The van der Waals surface area contributed by atoms with E-state index in [2.05, 4.69) is 20.6 Å². The maximum atomic E-state index is 13.0. The number of H-pyrrole nitrogens is 1. The molecule has 1 aliphatic heterocycles. The van der Waals surface area contributed by atoms with Crippen molar-refractivity contribution in [3.8, 4) is 0 Å². The standard InChI is InChI=1S/C19H27N5O3/c1-4-8-24-16-15(18(26)23-19(24)27)13(9-14(22-16)11(2)3)17(25)21-12-6-5-7-20-10-12/h9,11-12,20H,4-8,10H2,1-3H3,(H,21,25)(H,23,26,27). The van der Waals surface area contributed by atoms with Crippen LogP contribution in [0.1, 0.15) is 62.0 Å². The molecule has 3 N–H and O–H groups in total. The van der Waals surface area contributed by atoms with Crippen LogP contribution in [0.2, 0.25) is 0 Å². The van der Waals surface area contributed by atoms with E-state index >= 15 is 0 Å². The minimum atomic E-state index is -0.572. The second-order valence-electron chi connectivity index (χ2n) is 7.38. The number of fused-ring (bicyclic) bond motifs is 1. The van der Waals surface area contributed by atoms with Gasteiger partial charge in [0.05, 0.1) is 10.9 Å². The van der Waals surface area contributed by atoms with E-state index in [1.807, 2.05) is 20.8 Å². The van der Waals surface area contributed by atoms with Gasteiger partial charge in [-0.25, -0.2) is 9.78 Å². The Morgan fingerprint density at radius 2 is 2.19 bits per heavy atom. The Labute approximate surface area is 157 Å². The maximum Gasteiger partial charge on any atom is 0.329 e. The smallest absolute Gasteiger partial charge is 0.329 e. The number of nitrogens with one attached hydrogen (secondary N) is 3. The van der Waals surface area contributed by atoms with Gasteiger partial charge in [0, 0.05) is 24.8 Å². The topological polar surface area (TPSA) is 109 Å². The van der Waals surface area contributed by atoms with Gasteiger partial charge < -0.3 is 10.6 Å². The van der Waals surface area contributed by atoms with E-state index in [4.69, 9.17) is 0 Å². The van der Waals surface area contributed by atoms with Crippen molar-refractivity contribution in [3.05, 3.63) is 38.2 Å². The highest BCUT2D eigenvalue weighted by Gasteiger charge is 2.23. The van der Waals surface area contributed by atoms with Crippen molar-refractivity contribution in [2.45, 2.75) is 58.5 Å². The fourth-order valence-corrected chi connectivity index (χ4v) is 3.44. The van der Waals surface area contributed by atoms with Gasteiger partial charge in [0.1, 0.15) is 0 Å². The summed E-state index contributed by atoms with van der Waals surface area (Å²) in [4.78, 5) is 44.7. The zero-order valence-corrected chi connectivity index (χ0v) is 16.1. The number of piperidine rings is 1. The molecule has 1 unspecified atom stereocenters. The van der Waals surface area contributed by atoms with Crippen LogP contribution in [-0.4, -0.2) is 39.6 Å². The lowest BCUT2D eigenvalue weighted by molar-refractivity contribution is 0.0932. The first-order valence-corrected chi connectivity index (χ1v) is 9.61. The molecule has 8 nitrogen and oxygen atoms in total. The van der Waals surface area contributed by atoms with Crippen molar-refractivity contribution in [1.82, 2.24) is 25.2 Å². The van der Waals surface area contributed by atoms with Gasteiger partial charge in [-0.3, -0.25) is 19.1 Å². The van der Waals surface area contributed by atoms with E-state index in [1.165, 1.54) is 4.57 Å². The van der Waals surface area contributed by atoms with Crippen molar-refractivity contribution >= 4 is 16.9 Å². The molecule has 8 heteroatoms. The fraction of sp³-hybridized carbons (Fsp3) is 0.579. The van der Waals surface area contributed by atoms with Gasteiger partial charge in [-0.2, -0.15) is 0 Å². The summed E-state index contributed by atoms with van der Waals surface area (Å²) < 4.78 is 1.45. The molecule has 0 saturated carbocycles. The molecule has 2 aromatic heterocycles. The molecule has 1 saturated heterocycles. The Kier molecular flexibility index (Phi) is 5.74. The van der Waals surface area contributed by atoms with Gasteiger partial charge in [-0.05, 0) is 37.8 Å². The lowest BCUT2D eigenvalue weighted by Gasteiger charge is -2.24. The van der Waals surface area contributed by atoms with Crippen LogP contribution in [0.15, 0.2) is 15.7 Å². The molecule has 146 valence electrons. The molecule has 3 rings (SSSR count). The summed E-state index contributed by atoms with van der Waals surface area (Å²) >= 11 is 0. The van der Waals surface area contributed by atoms with Gasteiger partial charge in [0.25, 0.3) is 11.5 Å². The third-order valence-electron chi connectivity index (χ3n) is 4.88. The van der Waals surface area contributed by atoms with Crippen molar-refractivity contribution in [3.63, 3.8) is 0 Å². The summed E-state index contributed by atoms with van der Waals surface area (Å²) in [6.45, 7) is 7.97. The number of carbonyl (C=O) groups is 1. The number of pyridine rings is 1. The Morgan fingerprint density at radius 3 is 2.81 bits per heavy atom. The molecule has 0 aromatic carbocycles. The first kappa shape index (κ1) is 19.3. The van der Waals surface area contributed by atoms with Crippen molar-refractivity contribution in [1.29, 1.82) is 0 Å². The van der Waals surface area contributed by atoms with Crippen molar-refractivity contribution in [2.75, 3.05) is 13.1 Å². The molecule has 1 amide bonds. The molecule has 2 aromatic rings. The highest BCUT2D eigenvalue weighted by atomic mass is 16.2. The molecule has 0 aliphatic carbocycles.